The first-order chi connectivity index (χ1) is 15.3. The third-order valence-electron chi connectivity index (χ3n) is 5.89. The monoisotopic (exact) mass is 489 g/mol. The summed E-state index contributed by atoms with van der Waals surface area (Å²) >= 11 is 7.88. The standard InChI is InChI=1S/C23H24ClN3O3S2/c1-32(29,30)21-7-6-16(10-19(21)24)18(15-4-2-3-5-15)11-23(28)27-22-13-25-20(12-26-22)17-8-9-31-14-17/h6-10,12-15,18H,2-5,11H2,1H3,(H,26,27,28). The van der Waals surface area contributed by atoms with Crippen LogP contribution in [0.2, 0.25) is 5.02 Å². The summed E-state index contributed by atoms with van der Waals surface area (Å²) in [7, 11) is -3.40. The van der Waals surface area contributed by atoms with Gasteiger partial charge in [-0.2, -0.15) is 11.3 Å². The van der Waals surface area contributed by atoms with Crippen LogP contribution >= 0.6 is 22.9 Å². The van der Waals surface area contributed by atoms with E-state index in [0.717, 1.165) is 48.8 Å². The first-order valence-corrected chi connectivity index (χ1v) is 13.7. The molecule has 168 valence electrons. The van der Waals surface area contributed by atoms with Crippen molar-refractivity contribution in [2.24, 2.45) is 5.92 Å². The van der Waals surface area contributed by atoms with Crippen LogP contribution in [-0.2, 0) is 14.6 Å². The Balaban J connectivity index is 1.50. The van der Waals surface area contributed by atoms with Crippen molar-refractivity contribution in [2.45, 2.75) is 42.9 Å². The SMILES string of the molecule is CS(=O)(=O)c1ccc(C(CC(=O)Nc2cnc(-c3ccsc3)cn2)C2CCCC2)cc1Cl. The number of nitrogens with zero attached hydrogens (tertiary/aromatic N) is 2. The van der Waals surface area contributed by atoms with Crippen LogP contribution in [0.3, 0.4) is 0 Å². The second kappa shape index (κ2) is 9.68. The van der Waals surface area contributed by atoms with Crippen LogP contribution in [0.25, 0.3) is 11.3 Å². The summed E-state index contributed by atoms with van der Waals surface area (Å²) in [5, 5.41) is 7.02. The fourth-order valence-electron chi connectivity index (χ4n) is 4.31. The predicted molar refractivity (Wildman–Crippen MR) is 128 cm³/mol. The summed E-state index contributed by atoms with van der Waals surface area (Å²) in [6.07, 6.45) is 8.97. The van der Waals surface area contributed by atoms with E-state index in [1.54, 1.807) is 41.9 Å². The van der Waals surface area contributed by atoms with Gasteiger partial charge in [0.25, 0.3) is 0 Å². The van der Waals surface area contributed by atoms with E-state index in [2.05, 4.69) is 15.3 Å². The number of aromatic nitrogens is 2. The zero-order chi connectivity index (χ0) is 22.7. The number of rotatable bonds is 7. The Labute approximate surface area is 197 Å². The van der Waals surface area contributed by atoms with Gasteiger partial charge in [-0.1, -0.05) is 30.5 Å². The van der Waals surface area contributed by atoms with Gasteiger partial charge < -0.3 is 5.32 Å². The van der Waals surface area contributed by atoms with Crippen molar-refractivity contribution in [1.29, 1.82) is 0 Å². The highest BCUT2D eigenvalue weighted by Crippen LogP contribution is 2.41. The molecule has 0 saturated heterocycles. The van der Waals surface area contributed by atoms with Crippen LogP contribution < -0.4 is 5.32 Å². The number of amides is 1. The number of anilines is 1. The number of carbonyl (C=O) groups excluding carboxylic acids is 1. The predicted octanol–water partition coefficient (Wildman–Crippen LogP) is 5.56. The Hall–Kier alpha value is -2.29. The van der Waals surface area contributed by atoms with E-state index < -0.39 is 9.84 Å². The highest BCUT2D eigenvalue weighted by Gasteiger charge is 2.29. The van der Waals surface area contributed by atoms with Crippen molar-refractivity contribution in [3.05, 3.63) is 58.0 Å². The second-order valence-corrected chi connectivity index (χ2v) is 11.3. The Bertz CT molecular complexity index is 1190. The highest BCUT2D eigenvalue weighted by atomic mass is 35.5. The van der Waals surface area contributed by atoms with E-state index >= 15 is 0 Å². The average Bonchev–Trinajstić information content (AvgIpc) is 3.46. The third kappa shape index (κ3) is 5.36. The summed E-state index contributed by atoms with van der Waals surface area (Å²) in [6, 6.07) is 7.00. The van der Waals surface area contributed by atoms with E-state index in [1.807, 2.05) is 16.8 Å². The van der Waals surface area contributed by atoms with Gasteiger partial charge in [-0.25, -0.2) is 13.4 Å². The van der Waals surface area contributed by atoms with Crippen LogP contribution in [0.5, 0.6) is 0 Å². The minimum Gasteiger partial charge on any atom is -0.309 e. The number of carbonyl (C=O) groups is 1. The Morgan fingerprint density at radius 1 is 1.22 bits per heavy atom. The number of hydrogen-bond acceptors (Lipinski definition) is 6. The molecular weight excluding hydrogens is 466 g/mol. The molecule has 0 radical (unpaired) electrons. The molecule has 0 bridgehead atoms. The van der Waals surface area contributed by atoms with Crippen LogP contribution in [0.1, 0.15) is 43.6 Å². The second-order valence-electron chi connectivity index (χ2n) is 8.16. The van der Waals surface area contributed by atoms with Gasteiger partial charge in [0.2, 0.25) is 5.91 Å². The molecule has 2 heterocycles. The number of benzene rings is 1. The van der Waals surface area contributed by atoms with Crippen LogP contribution in [0, 0.1) is 5.92 Å². The van der Waals surface area contributed by atoms with Crippen LogP contribution in [-0.4, -0.2) is 30.5 Å². The molecule has 0 spiro atoms. The summed E-state index contributed by atoms with van der Waals surface area (Å²) in [5.74, 6) is 0.571. The van der Waals surface area contributed by atoms with Gasteiger partial charge in [0.15, 0.2) is 15.7 Å². The molecule has 32 heavy (non-hydrogen) atoms. The molecule has 1 saturated carbocycles. The maximum atomic E-state index is 12.9. The van der Waals surface area contributed by atoms with Gasteiger partial charge in [0.05, 0.1) is 28.0 Å². The minimum absolute atomic E-state index is 0.0401. The van der Waals surface area contributed by atoms with E-state index in [0.29, 0.717) is 11.7 Å². The molecule has 6 nitrogen and oxygen atoms in total. The van der Waals surface area contributed by atoms with Gasteiger partial charge in [0.1, 0.15) is 0 Å². The van der Waals surface area contributed by atoms with Crippen molar-refractivity contribution >= 4 is 44.5 Å². The van der Waals surface area contributed by atoms with E-state index in [-0.39, 0.29) is 28.2 Å². The first-order valence-electron chi connectivity index (χ1n) is 10.5. The van der Waals surface area contributed by atoms with Crippen molar-refractivity contribution in [1.82, 2.24) is 9.97 Å². The maximum absolute atomic E-state index is 12.9. The highest BCUT2D eigenvalue weighted by molar-refractivity contribution is 7.90. The zero-order valence-electron chi connectivity index (χ0n) is 17.6. The van der Waals surface area contributed by atoms with E-state index in [9.17, 15) is 13.2 Å². The zero-order valence-corrected chi connectivity index (χ0v) is 20.0. The number of halogens is 1. The lowest BCUT2D eigenvalue weighted by molar-refractivity contribution is -0.116. The third-order valence-corrected chi connectivity index (χ3v) is 8.16. The van der Waals surface area contributed by atoms with Crippen molar-refractivity contribution < 1.29 is 13.2 Å². The molecule has 0 aliphatic heterocycles. The molecule has 1 aliphatic rings. The van der Waals surface area contributed by atoms with Gasteiger partial charge in [-0.3, -0.25) is 9.78 Å². The molecule has 1 aliphatic carbocycles. The lowest BCUT2D eigenvalue weighted by atomic mass is 9.82. The Morgan fingerprint density at radius 3 is 2.59 bits per heavy atom. The van der Waals surface area contributed by atoms with Crippen molar-refractivity contribution in [3.63, 3.8) is 0 Å². The quantitative estimate of drug-likeness (QED) is 0.469. The lowest BCUT2D eigenvalue weighted by Gasteiger charge is -2.24. The molecule has 2 aromatic heterocycles. The number of hydrogen-bond donors (Lipinski definition) is 1. The summed E-state index contributed by atoms with van der Waals surface area (Å²) < 4.78 is 23.8. The molecule has 9 heteroatoms. The summed E-state index contributed by atoms with van der Waals surface area (Å²) in [4.78, 5) is 21.7. The van der Waals surface area contributed by atoms with Crippen LogP contribution in [0.4, 0.5) is 5.82 Å². The Kier molecular flexibility index (Phi) is 6.93. The fourth-order valence-corrected chi connectivity index (χ4v) is 6.30. The van der Waals surface area contributed by atoms with Gasteiger partial charge >= 0.3 is 0 Å². The average molecular weight is 490 g/mol. The summed E-state index contributed by atoms with van der Waals surface area (Å²) in [5.41, 5.74) is 2.65. The number of sulfone groups is 1. The molecule has 1 fully saturated rings. The normalized spacial score (nSPS) is 15.6. The molecular formula is C23H24ClN3O3S2. The van der Waals surface area contributed by atoms with Gasteiger partial charge in [0, 0.05) is 23.6 Å². The molecule has 1 N–H and O–H groups in total. The van der Waals surface area contributed by atoms with Crippen molar-refractivity contribution in [3.8, 4) is 11.3 Å². The number of thiophene rings is 1. The molecule has 1 aromatic carbocycles. The largest absolute Gasteiger partial charge is 0.309 e. The molecule has 4 rings (SSSR count). The Morgan fingerprint density at radius 2 is 2.00 bits per heavy atom. The smallest absolute Gasteiger partial charge is 0.226 e. The number of nitrogens with one attached hydrogen (secondary N) is 1. The molecule has 1 amide bonds. The van der Waals surface area contributed by atoms with E-state index in [1.165, 1.54) is 0 Å². The van der Waals surface area contributed by atoms with Crippen LogP contribution in [0.15, 0.2) is 52.3 Å². The fraction of sp³-hybridized carbons (Fsp3) is 0.348. The van der Waals surface area contributed by atoms with E-state index in [4.69, 9.17) is 11.6 Å². The maximum Gasteiger partial charge on any atom is 0.226 e. The molecule has 3 aromatic rings. The lowest BCUT2D eigenvalue weighted by Crippen LogP contribution is -2.20. The van der Waals surface area contributed by atoms with Crippen molar-refractivity contribution in [2.75, 3.05) is 11.6 Å². The topological polar surface area (TPSA) is 89.0 Å². The summed E-state index contributed by atoms with van der Waals surface area (Å²) in [6.45, 7) is 0. The van der Waals surface area contributed by atoms with Gasteiger partial charge in [-0.05, 0) is 53.8 Å². The minimum atomic E-state index is -3.40. The van der Waals surface area contributed by atoms with Gasteiger partial charge in [-0.15, -0.1) is 0 Å². The first kappa shape index (κ1) is 22.9. The molecule has 1 atom stereocenters. The molecule has 1 unspecified atom stereocenters.